The van der Waals surface area contributed by atoms with E-state index in [0.717, 1.165) is 12.1 Å². The summed E-state index contributed by atoms with van der Waals surface area (Å²) in [6.45, 7) is 3.44. The van der Waals surface area contributed by atoms with Crippen LogP contribution in [0.5, 0.6) is 0 Å². The van der Waals surface area contributed by atoms with Crippen LogP contribution in [0.3, 0.4) is 0 Å². The molecule has 0 aliphatic carbocycles. The van der Waals surface area contributed by atoms with Gasteiger partial charge < -0.3 is 9.47 Å². The van der Waals surface area contributed by atoms with Crippen molar-refractivity contribution in [2.45, 2.75) is 12.2 Å². The third-order valence-corrected chi connectivity index (χ3v) is 5.94. The average Bonchev–Trinajstić information content (AvgIpc) is 3.36. The lowest BCUT2D eigenvalue weighted by Gasteiger charge is -2.39. The smallest absolute Gasteiger partial charge is 0.332 e. The number of carbonyl (C=O) groups is 1. The Morgan fingerprint density at radius 3 is 2.41 bits per heavy atom. The summed E-state index contributed by atoms with van der Waals surface area (Å²) < 4.78 is 55.8. The van der Waals surface area contributed by atoms with E-state index in [4.69, 9.17) is 11.6 Å². The highest BCUT2D eigenvalue weighted by Gasteiger charge is 2.36. The molecule has 0 unspecified atom stereocenters. The first-order chi connectivity index (χ1) is 16.1. The Hall–Kier alpha value is -3.66. The number of carbonyl (C=O) groups excluding carboxylic acids is 1. The molecule has 11 heteroatoms. The van der Waals surface area contributed by atoms with Gasteiger partial charge in [0.05, 0.1) is 22.3 Å². The minimum Gasteiger partial charge on any atom is -0.332 e. The van der Waals surface area contributed by atoms with Gasteiger partial charge in [-0.1, -0.05) is 30.3 Å². The molecule has 0 spiro atoms. The molecule has 1 amide bonds. The molecule has 1 fully saturated rings. The van der Waals surface area contributed by atoms with E-state index in [1.165, 1.54) is 17.0 Å². The lowest BCUT2D eigenvalue weighted by molar-refractivity contribution is -0.137. The van der Waals surface area contributed by atoms with Gasteiger partial charge in [-0.3, -0.25) is 14.5 Å². The van der Waals surface area contributed by atoms with E-state index < -0.39 is 23.5 Å². The largest absolute Gasteiger partial charge is 0.416 e. The number of aromatic nitrogens is 4. The summed E-state index contributed by atoms with van der Waals surface area (Å²) >= 11 is 6.10. The van der Waals surface area contributed by atoms with Crippen LogP contribution in [0, 0.1) is 0 Å². The van der Waals surface area contributed by atoms with Crippen molar-refractivity contribution in [3.63, 3.8) is 0 Å². The van der Waals surface area contributed by atoms with E-state index in [0.29, 0.717) is 33.0 Å². The summed E-state index contributed by atoms with van der Waals surface area (Å²) in [6.07, 6.45) is 0.585. The van der Waals surface area contributed by atoms with E-state index in [1.54, 1.807) is 40.0 Å². The van der Waals surface area contributed by atoms with Crippen LogP contribution in [0.4, 0.5) is 17.6 Å². The van der Waals surface area contributed by atoms with Gasteiger partial charge in [-0.25, -0.2) is 4.39 Å². The zero-order chi connectivity index (χ0) is 24.2. The standard InChI is InChI=1S/C23H16ClF4N5O/c1-13(25)22(34)32-11-17(12-32)33-21-18(31-9-7-16(24)10-31)6-8-29-20(21)19(30-33)14-2-4-15(5-3-14)23(26,27)28/h2-10,17H,1,11-12H2. The normalized spacial score (nSPS) is 14.4. The van der Waals surface area contributed by atoms with Gasteiger partial charge in [0.1, 0.15) is 16.7 Å². The maximum atomic E-state index is 13.3. The van der Waals surface area contributed by atoms with Crippen molar-refractivity contribution in [2.24, 2.45) is 0 Å². The van der Waals surface area contributed by atoms with Gasteiger partial charge in [0, 0.05) is 37.2 Å². The van der Waals surface area contributed by atoms with Gasteiger partial charge >= 0.3 is 6.18 Å². The number of alkyl halides is 3. The predicted octanol–water partition coefficient (Wildman–Crippen LogP) is 5.43. The summed E-state index contributed by atoms with van der Waals surface area (Å²) in [4.78, 5) is 17.7. The molecular weight excluding hydrogens is 474 g/mol. The van der Waals surface area contributed by atoms with Crippen molar-refractivity contribution in [3.05, 3.63) is 78.0 Å². The zero-order valence-electron chi connectivity index (χ0n) is 17.4. The number of hydrogen-bond donors (Lipinski definition) is 0. The van der Waals surface area contributed by atoms with Crippen molar-refractivity contribution < 1.29 is 22.4 Å². The molecule has 1 aliphatic rings. The first-order valence-electron chi connectivity index (χ1n) is 10.2. The van der Waals surface area contributed by atoms with E-state index >= 15 is 0 Å². The Morgan fingerprint density at radius 1 is 1.12 bits per heavy atom. The number of pyridine rings is 1. The number of benzene rings is 1. The van der Waals surface area contributed by atoms with Gasteiger partial charge in [0.2, 0.25) is 0 Å². The third kappa shape index (κ3) is 3.73. The summed E-state index contributed by atoms with van der Waals surface area (Å²) in [5.41, 5.74) is 1.86. The minimum atomic E-state index is -4.46. The van der Waals surface area contributed by atoms with Gasteiger partial charge in [-0.2, -0.15) is 18.3 Å². The van der Waals surface area contributed by atoms with Crippen molar-refractivity contribution in [2.75, 3.05) is 13.1 Å². The van der Waals surface area contributed by atoms with Crippen LogP contribution >= 0.6 is 11.6 Å². The number of hydrogen-bond acceptors (Lipinski definition) is 3. The molecular formula is C23H16ClF4N5O. The molecule has 1 aliphatic heterocycles. The maximum absolute atomic E-state index is 13.3. The second-order valence-corrected chi connectivity index (χ2v) is 8.34. The molecule has 0 saturated carbocycles. The van der Waals surface area contributed by atoms with Crippen LogP contribution in [-0.4, -0.2) is 43.2 Å². The molecule has 0 radical (unpaired) electrons. The maximum Gasteiger partial charge on any atom is 0.416 e. The molecule has 0 atom stereocenters. The van der Waals surface area contributed by atoms with Crippen LogP contribution in [0.2, 0.25) is 5.02 Å². The van der Waals surface area contributed by atoms with Crippen LogP contribution in [0.25, 0.3) is 28.0 Å². The Labute approximate surface area is 195 Å². The molecule has 4 aromatic rings. The predicted molar refractivity (Wildman–Crippen MR) is 118 cm³/mol. The van der Waals surface area contributed by atoms with Gasteiger partial charge in [-0.05, 0) is 24.3 Å². The average molecular weight is 490 g/mol. The van der Waals surface area contributed by atoms with Crippen molar-refractivity contribution in [1.29, 1.82) is 0 Å². The second kappa shape index (κ2) is 7.98. The quantitative estimate of drug-likeness (QED) is 0.284. The molecule has 34 heavy (non-hydrogen) atoms. The third-order valence-electron chi connectivity index (χ3n) is 5.71. The number of nitrogens with zero attached hydrogens (tertiary/aromatic N) is 5. The minimum absolute atomic E-state index is 0.200. The van der Waals surface area contributed by atoms with Crippen molar-refractivity contribution in [3.8, 4) is 16.9 Å². The molecule has 4 heterocycles. The molecule has 5 rings (SSSR count). The van der Waals surface area contributed by atoms with Crippen LogP contribution in [0.15, 0.2) is 67.4 Å². The number of rotatable bonds is 4. The van der Waals surface area contributed by atoms with Crippen LogP contribution in [0.1, 0.15) is 11.6 Å². The molecule has 1 aromatic carbocycles. The Bertz CT molecular complexity index is 1420. The van der Waals surface area contributed by atoms with Gasteiger partial charge in [0.25, 0.3) is 5.91 Å². The Morgan fingerprint density at radius 2 is 1.82 bits per heavy atom. The number of likely N-dealkylation sites (tertiary alicyclic amines) is 1. The van der Waals surface area contributed by atoms with Crippen LogP contribution in [-0.2, 0) is 11.0 Å². The lowest BCUT2D eigenvalue weighted by Crippen LogP contribution is -2.51. The van der Waals surface area contributed by atoms with Crippen LogP contribution < -0.4 is 0 Å². The second-order valence-electron chi connectivity index (χ2n) is 7.90. The van der Waals surface area contributed by atoms with E-state index in [2.05, 4.69) is 16.7 Å². The fraction of sp³-hybridized carbons (Fsp3) is 0.174. The molecule has 0 bridgehead atoms. The molecule has 1 saturated heterocycles. The molecule has 3 aromatic heterocycles. The summed E-state index contributed by atoms with van der Waals surface area (Å²) in [7, 11) is 0. The van der Waals surface area contributed by atoms with Crippen molar-refractivity contribution in [1.82, 2.24) is 24.2 Å². The molecule has 6 nitrogen and oxygen atoms in total. The number of halogens is 5. The zero-order valence-corrected chi connectivity index (χ0v) is 18.2. The fourth-order valence-electron chi connectivity index (χ4n) is 4.00. The highest BCUT2D eigenvalue weighted by atomic mass is 35.5. The molecule has 0 N–H and O–H groups in total. The first kappa shape index (κ1) is 22.1. The Balaban J connectivity index is 1.63. The lowest BCUT2D eigenvalue weighted by atomic mass is 10.1. The number of fused-ring (bicyclic) bond motifs is 1. The monoisotopic (exact) mass is 489 g/mol. The molecule has 174 valence electrons. The van der Waals surface area contributed by atoms with E-state index in [1.807, 2.05) is 0 Å². The SMILES string of the molecule is C=C(F)C(=O)N1CC(n2nc(-c3ccc(C(F)(F)F)cc3)c3nccc(-n4ccc(Cl)c4)c32)C1. The topological polar surface area (TPSA) is 56.0 Å². The van der Waals surface area contributed by atoms with Gasteiger partial charge in [0.15, 0.2) is 5.83 Å². The van der Waals surface area contributed by atoms with E-state index in [9.17, 15) is 22.4 Å². The fourth-order valence-corrected chi connectivity index (χ4v) is 4.16. The summed E-state index contributed by atoms with van der Waals surface area (Å²) in [6, 6.07) is 7.86. The highest BCUT2D eigenvalue weighted by molar-refractivity contribution is 6.30. The summed E-state index contributed by atoms with van der Waals surface area (Å²) in [5, 5.41) is 5.19. The van der Waals surface area contributed by atoms with Crippen molar-refractivity contribution >= 4 is 28.5 Å². The highest BCUT2D eigenvalue weighted by Crippen LogP contribution is 2.36. The summed E-state index contributed by atoms with van der Waals surface area (Å²) in [5.74, 6) is -1.83. The van der Waals surface area contributed by atoms with E-state index in [-0.39, 0.29) is 19.1 Å². The number of amides is 1. The Kier molecular flexibility index (Phi) is 5.20. The van der Waals surface area contributed by atoms with Gasteiger partial charge in [-0.15, -0.1) is 0 Å². The first-order valence-corrected chi connectivity index (χ1v) is 10.5.